The predicted octanol–water partition coefficient (Wildman–Crippen LogP) is 3.15. The van der Waals surface area contributed by atoms with Gasteiger partial charge in [-0.1, -0.05) is 48.5 Å². The minimum atomic E-state index is -0.326. The molecule has 6 heteroatoms. The molecule has 2 aromatic rings. The van der Waals surface area contributed by atoms with E-state index in [1.165, 1.54) is 0 Å². The lowest BCUT2D eigenvalue weighted by Gasteiger charge is -2.13. The van der Waals surface area contributed by atoms with Gasteiger partial charge in [-0.25, -0.2) is 0 Å². The molecule has 1 aliphatic heterocycles. The average Bonchev–Trinajstić information content (AvgIpc) is 2.90. The SMILES string of the molecule is O=C(NCCN1C(=O)SC(=Cc2ccccc2)C1=O)c1ccccc1. The minimum absolute atomic E-state index is 0.148. The Bertz CT molecular complexity index is 819. The second-order valence-corrected chi connectivity index (χ2v) is 6.36. The fourth-order valence-corrected chi connectivity index (χ4v) is 3.23. The quantitative estimate of drug-likeness (QED) is 0.840. The van der Waals surface area contributed by atoms with E-state index in [1.807, 2.05) is 36.4 Å². The van der Waals surface area contributed by atoms with Crippen LogP contribution in [0.15, 0.2) is 65.6 Å². The van der Waals surface area contributed by atoms with E-state index in [-0.39, 0.29) is 30.1 Å². The summed E-state index contributed by atoms with van der Waals surface area (Å²) in [4.78, 5) is 37.9. The molecule has 0 aliphatic carbocycles. The molecular weight excluding hydrogens is 336 g/mol. The molecule has 0 bridgehead atoms. The highest BCUT2D eigenvalue weighted by Gasteiger charge is 2.34. The van der Waals surface area contributed by atoms with Crippen molar-refractivity contribution in [3.8, 4) is 0 Å². The largest absolute Gasteiger partial charge is 0.350 e. The van der Waals surface area contributed by atoms with Crippen molar-refractivity contribution in [2.24, 2.45) is 0 Å². The number of imide groups is 1. The summed E-state index contributed by atoms with van der Waals surface area (Å²) in [6.45, 7) is 0.361. The third-order valence-electron chi connectivity index (χ3n) is 3.63. The van der Waals surface area contributed by atoms with Crippen molar-refractivity contribution in [3.05, 3.63) is 76.7 Å². The van der Waals surface area contributed by atoms with E-state index in [2.05, 4.69) is 5.32 Å². The molecule has 3 rings (SSSR count). The van der Waals surface area contributed by atoms with E-state index >= 15 is 0 Å². The van der Waals surface area contributed by atoms with Crippen LogP contribution in [0.2, 0.25) is 0 Å². The number of amides is 3. The minimum Gasteiger partial charge on any atom is -0.350 e. The molecule has 3 amide bonds. The molecule has 1 N–H and O–H groups in total. The summed E-state index contributed by atoms with van der Waals surface area (Å²) in [6.07, 6.45) is 1.70. The maximum Gasteiger partial charge on any atom is 0.293 e. The highest BCUT2D eigenvalue weighted by molar-refractivity contribution is 8.18. The number of nitrogens with zero attached hydrogens (tertiary/aromatic N) is 1. The number of rotatable bonds is 5. The first-order chi connectivity index (χ1) is 12.1. The molecule has 2 aromatic carbocycles. The van der Waals surface area contributed by atoms with Gasteiger partial charge in [-0.3, -0.25) is 19.3 Å². The number of benzene rings is 2. The standard InChI is InChI=1S/C19H16N2O3S/c22-17(15-9-5-2-6-10-15)20-11-12-21-18(23)16(25-19(21)24)13-14-7-3-1-4-8-14/h1-10,13H,11-12H2,(H,20,22). The summed E-state index contributed by atoms with van der Waals surface area (Å²) in [5, 5.41) is 2.40. The summed E-state index contributed by atoms with van der Waals surface area (Å²) < 4.78 is 0. The second-order valence-electron chi connectivity index (χ2n) is 5.37. The Hall–Kier alpha value is -2.86. The predicted molar refractivity (Wildman–Crippen MR) is 97.9 cm³/mol. The molecule has 1 saturated heterocycles. The van der Waals surface area contributed by atoms with Crippen LogP contribution in [0.5, 0.6) is 0 Å². The normalized spacial score (nSPS) is 15.7. The number of hydrogen-bond donors (Lipinski definition) is 1. The van der Waals surface area contributed by atoms with E-state index in [9.17, 15) is 14.4 Å². The Kier molecular flexibility index (Phi) is 5.30. The molecule has 1 fully saturated rings. The zero-order valence-corrected chi connectivity index (χ0v) is 14.2. The smallest absolute Gasteiger partial charge is 0.293 e. The van der Waals surface area contributed by atoms with Gasteiger partial charge in [0.1, 0.15) is 0 Å². The van der Waals surface area contributed by atoms with Gasteiger partial charge >= 0.3 is 0 Å². The highest BCUT2D eigenvalue weighted by Crippen LogP contribution is 2.31. The van der Waals surface area contributed by atoms with Crippen LogP contribution in [-0.2, 0) is 4.79 Å². The van der Waals surface area contributed by atoms with Gasteiger partial charge in [-0.15, -0.1) is 0 Å². The monoisotopic (exact) mass is 352 g/mol. The van der Waals surface area contributed by atoms with Crippen LogP contribution in [0.3, 0.4) is 0 Å². The van der Waals surface area contributed by atoms with Crippen LogP contribution < -0.4 is 5.32 Å². The Labute approximate surface area is 149 Å². The van der Waals surface area contributed by atoms with Crippen molar-refractivity contribution in [1.82, 2.24) is 10.2 Å². The van der Waals surface area contributed by atoms with Crippen LogP contribution in [0.1, 0.15) is 15.9 Å². The molecule has 0 unspecified atom stereocenters. The first-order valence-electron chi connectivity index (χ1n) is 7.79. The van der Waals surface area contributed by atoms with E-state index in [1.54, 1.807) is 30.3 Å². The Morgan fingerprint density at radius 1 is 1.00 bits per heavy atom. The van der Waals surface area contributed by atoms with Gasteiger partial charge in [-0.05, 0) is 35.5 Å². The number of carbonyl (C=O) groups excluding carboxylic acids is 3. The molecule has 25 heavy (non-hydrogen) atoms. The number of hydrogen-bond acceptors (Lipinski definition) is 4. The molecule has 5 nitrogen and oxygen atoms in total. The van der Waals surface area contributed by atoms with Gasteiger partial charge < -0.3 is 5.32 Å². The summed E-state index contributed by atoms with van der Waals surface area (Å²) in [7, 11) is 0. The topological polar surface area (TPSA) is 66.5 Å². The van der Waals surface area contributed by atoms with Gasteiger partial charge in [0.15, 0.2) is 0 Å². The summed E-state index contributed by atoms with van der Waals surface area (Å²) in [5.41, 5.74) is 1.41. The van der Waals surface area contributed by atoms with Gasteiger partial charge in [0, 0.05) is 18.7 Å². The molecule has 0 aromatic heterocycles. The zero-order chi connectivity index (χ0) is 17.6. The van der Waals surface area contributed by atoms with Gasteiger partial charge in [0.05, 0.1) is 4.91 Å². The van der Waals surface area contributed by atoms with Crippen LogP contribution in [0.25, 0.3) is 6.08 Å². The number of carbonyl (C=O) groups is 3. The van der Waals surface area contributed by atoms with Crippen molar-refractivity contribution in [2.45, 2.75) is 0 Å². The van der Waals surface area contributed by atoms with Crippen molar-refractivity contribution in [3.63, 3.8) is 0 Å². The third kappa shape index (κ3) is 4.16. The first kappa shape index (κ1) is 17.0. The Balaban J connectivity index is 1.58. The van der Waals surface area contributed by atoms with E-state index in [0.717, 1.165) is 22.2 Å². The molecule has 0 radical (unpaired) electrons. The fourth-order valence-electron chi connectivity index (χ4n) is 2.37. The molecule has 1 aliphatic rings. The van der Waals surface area contributed by atoms with E-state index < -0.39 is 0 Å². The summed E-state index contributed by atoms with van der Waals surface area (Å²) in [5.74, 6) is -0.555. The molecule has 0 atom stereocenters. The van der Waals surface area contributed by atoms with E-state index in [4.69, 9.17) is 0 Å². The lowest BCUT2D eigenvalue weighted by atomic mass is 10.2. The van der Waals surface area contributed by atoms with Gasteiger partial charge in [0.25, 0.3) is 17.1 Å². The Morgan fingerprint density at radius 2 is 1.64 bits per heavy atom. The summed E-state index contributed by atoms with van der Waals surface area (Å²) in [6, 6.07) is 18.2. The van der Waals surface area contributed by atoms with Crippen LogP contribution >= 0.6 is 11.8 Å². The molecule has 0 spiro atoms. The Morgan fingerprint density at radius 3 is 2.32 bits per heavy atom. The maximum absolute atomic E-state index is 12.4. The van der Waals surface area contributed by atoms with Crippen LogP contribution in [0, 0.1) is 0 Å². The van der Waals surface area contributed by atoms with Gasteiger partial charge in [-0.2, -0.15) is 0 Å². The molecule has 1 heterocycles. The van der Waals surface area contributed by atoms with Crippen LogP contribution in [0.4, 0.5) is 4.79 Å². The molecule has 0 saturated carbocycles. The molecule has 126 valence electrons. The number of thioether (sulfide) groups is 1. The van der Waals surface area contributed by atoms with Crippen LogP contribution in [-0.4, -0.2) is 35.0 Å². The van der Waals surface area contributed by atoms with E-state index in [0.29, 0.717) is 10.5 Å². The third-order valence-corrected chi connectivity index (χ3v) is 4.54. The lowest BCUT2D eigenvalue weighted by molar-refractivity contribution is -0.122. The first-order valence-corrected chi connectivity index (χ1v) is 8.60. The van der Waals surface area contributed by atoms with Crippen molar-refractivity contribution in [1.29, 1.82) is 0 Å². The van der Waals surface area contributed by atoms with Crippen molar-refractivity contribution >= 4 is 34.9 Å². The maximum atomic E-state index is 12.4. The summed E-state index contributed by atoms with van der Waals surface area (Å²) >= 11 is 0.918. The lowest BCUT2D eigenvalue weighted by Crippen LogP contribution is -2.37. The second kappa shape index (κ2) is 7.81. The highest BCUT2D eigenvalue weighted by atomic mass is 32.2. The van der Waals surface area contributed by atoms with Crippen molar-refractivity contribution < 1.29 is 14.4 Å². The van der Waals surface area contributed by atoms with Crippen molar-refractivity contribution in [2.75, 3.05) is 13.1 Å². The average molecular weight is 352 g/mol. The number of nitrogens with one attached hydrogen (secondary N) is 1. The van der Waals surface area contributed by atoms with Gasteiger partial charge in [0.2, 0.25) is 0 Å². The zero-order valence-electron chi connectivity index (χ0n) is 13.3. The fraction of sp³-hybridized carbons (Fsp3) is 0.105. The molecular formula is C19H16N2O3S.